The first-order valence-corrected chi connectivity index (χ1v) is 7.06. The number of guanidine groups is 1. The largest absolute Gasteiger partial charge is 0.372 e. The fourth-order valence-corrected chi connectivity index (χ4v) is 2.62. The lowest BCUT2D eigenvalue weighted by Gasteiger charge is -2.29. The molecular formula is C13H16BrN5. The zero-order valence-corrected chi connectivity index (χ0v) is 12.5. The van der Waals surface area contributed by atoms with Crippen LogP contribution in [-0.4, -0.2) is 30.8 Å². The summed E-state index contributed by atoms with van der Waals surface area (Å²) in [6.07, 6.45) is 1.93. The predicted molar refractivity (Wildman–Crippen MR) is 83.9 cm³/mol. The number of benzene rings is 1. The van der Waals surface area contributed by atoms with Gasteiger partial charge in [-0.2, -0.15) is 0 Å². The molecule has 0 radical (unpaired) electrons. The van der Waals surface area contributed by atoms with Crippen molar-refractivity contribution in [3.05, 3.63) is 16.6 Å². The summed E-state index contributed by atoms with van der Waals surface area (Å²) in [4.78, 5) is 8.82. The average Bonchev–Trinajstić information content (AvgIpc) is 2.86. The maximum absolute atomic E-state index is 4.49. The molecule has 0 saturated heterocycles. The topological polar surface area (TPSA) is 60.8 Å². The third-order valence-corrected chi connectivity index (χ3v) is 3.84. The number of hydrogen-bond acceptors (Lipinski definition) is 5. The van der Waals surface area contributed by atoms with Gasteiger partial charge in [0.1, 0.15) is 0 Å². The van der Waals surface area contributed by atoms with Crippen molar-refractivity contribution < 1.29 is 0 Å². The molecule has 0 amide bonds. The quantitative estimate of drug-likeness (QED) is 0.745. The minimum absolute atomic E-state index is 0.142. The summed E-state index contributed by atoms with van der Waals surface area (Å²) in [5.41, 5.74) is 2.79. The molecular weight excluding hydrogens is 306 g/mol. The monoisotopic (exact) mass is 321 g/mol. The molecule has 1 aromatic rings. The van der Waals surface area contributed by atoms with Crippen LogP contribution in [0.15, 0.2) is 26.6 Å². The first-order valence-electron chi connectivity index (χ1n) is 6.26. The fourth-order valence-electron chi connectivity index (χ4n) is 2.08. The molecule has 2 heterocycles. The van der Waals surface area contributed by atoms with Crippen LogP contribution in [0.2, 0.25) is 0 Å². The lowest BCUT2D eigenvalue weighted by Crippen LogP contribution is -2.34. The Labute approximate surface area is 120 Å². The van der Waals surface area contributed by atoms with Crippen molar-refractivity contribution in [2.45, 2.75) is 19.4 Å². The zero-order chi connectivity index (χ0) is 13.5. The summed E-state index contributed by atoms with van der Waals surface area (Å²) >= 11 is 3.64. The molecule has 0 unspecified atom stereocenters. The van der Waals surface area contributed by atoms with Gasteiger partial charge >= 0.3 is 0 Å². The summed E-state index contributed by atoms with van der Waals surface area (Å²) in [7, 11) is 0. The Kier molecular flexibility index (Phi) is 2.97. The van der Waals surface area contributed by atoms with E-state index in [9.17, 15) is 0 Å². The van der Waals surface area contributed by atoms with Crippen molar-refractivity contribution in [2.24, 2.45) is 9.98 Å². The first-order chi connectivity index (χ1) is 9.05. The van der Waals surface area contributed by atoms with Gasteiger partial charge in [0.15, 0.2) is 5.96 Å². The smallest absolute Gasteiger partial charge is 0.195 e. The summed E-state index contributed by atoms with van der Waals surface area (Å²) < 4.78 is 0.978. The number of anilines is 2. The molecule has 3 N–H and O–H groups in total. The van der Waals surface area contributed by atoms with E-state index in [-0.39, 0.29) is 5.54 Å². The Morgan fingerprint density at radius 2 is 2.21 bits per heavy atom. The molecule has 100 valence electrons. The Hall–Kier alpha value is -1.56. The number of fused-ring (bicyclic) bond motifs is 1. The molecule has 3 rings (SSSR count). The minimum atomic E-state index is -0.142. The molecule has 0 aliphatic carbocycles. The van der Waals surface area contributed by atoms with Crippen LogP contribution in [0.1, 0.15) is 13.8 Å². The average molecular weight is 322 g/mol. The van der Waals surface area contributed by atoms with Crippen LogP contribution < -0.4 is 16.0 Å². The summed E-state index contributed by atoms with van der Waals surface area (Å²) in [5.74, 6) is 0.819. The molecule has 2 aliphatic rings. The molecule has 0 saturated carbocycles. The second kappa shape index (κ2) is 4.52. The Bertz CT molecular complexity index is 577. The van der Waals surface area contributed by atoms with Gasteiger partial charge in [0, 0.05) is 12.8 Å². The van der Waals surface area contributed by atoms with E-state index in [2.05, 4.69) is 55.7 Å². The normalized spacial score (nSPS) is 19.2. The molecule has 19 heavy (non-hydrogen) atoms. The van der Waals surface area contributed by atoms with E-state index in [0.29, 0.717) is 0 Å². The Morgan fingerprint density at radius 3 is 2.95 bits per heavy atom. The van der Waals surface area contributed by atoms with Crippen LogP contribution in [0.25, 0.3) is 0 Å². The minimum Gasteiger partial charge on any atom is -0.372 e. The number of rotatable bonds is 1. The van der Waals surface area contributed by atoms with Crippen molar-refractivity contribution in [1.82, 2.24) is 5.32 Å². The molecule has 2 aliphatic heterocycles. The van der Waals surface area contributed by atoms with Gasteiger partial charge < -0.3 is 16.0 Å². The maximum atomic E-state index is 4.49. The van der Waals surface area contributed by atoms with Crippen LogP contribution >= 0.6 is 15.9 Å². The van der Waals surface area contributed by atoms with E-state index in [1.165, 1.54) is 0 Å². The zero-order valence-electron chi connectivity index (χ0n) is 10.9. The molecule has 0 spiro atoms. The predicted octanol–water partition coefficient (Wildman–Crippen LogP) is 2.73. The van der Waals surface area contributed by atoms with Crippen molar-refractivity contribution >= 4 is 45.2 Å². The lowest BCUT2D eigenvalue weighted by molar-refractivity contribution is 0.768. The molecule has 0 fully saturated rings. The van der Waals surface area contributed by atoms with E-state index in [1.807, 2.05) is 18.3 Å². The fraction of sp³-hybridized carbons (Fsp3) is 0.385. The molecule has 5 nitrogen and oxygen atoms in total. The highest BCUT2D eigenvalue weighted by atomic mass is 79.9. The van der Waals surface area contributed by atoms with Crippen molar-refractivity contribution in [1.29, 1.82) is 0 Å². The lowest BCUT2D eigenvalue weighted by atomic mass is 10.0. The van der Waals surface area contributed by atoms with Crippen molar-refractivity contribution in [3.63, 3.8) is 0 Å². The number of hydrogen-bond donors (Lipinski definition) is 3. The molecule has 6 heteroatoms. The molecule has 0 bridgehead atoms. The van der Waals surface area contributed by atoms with Crippen LogP contribution in [0.4, 0.5) is 17.1 Å². The van der Waals surface area contributed by atoms with Gasteiger partial charge in [0.05, 0.1) is 33.6 Å². The maximum Gasteiger partial charge on any atom is 0.195 e. The highest BCUT2D eigenvalue weighted by Gasteiger charge is 2.23. The van der Waals surface area contributed by atoms with Crippen LogP contribution in [0.3, 0.4) is 0 Å². The number of nitrogens with zero attached hydrogens (tertiary/aromatic N) is 2. The van der Waals surface area contributed by atoms with Gasteiger partial charge in [-0.25, -0.2) is 0 Å². The highest BCUT2D eigenvalue weighted by molar-refractivity contribution is 9.10. The SMILES string of the molecule is CC1(C)C=Nc2ccc(NC3=NCCN3)c(Br)c2N1. The van der Waals surface area contributed by atoms with Crippen LogP contribution in [-0.2, 0) is 0 Å². The van der Waals surface area contributed by atoms with Gasteiger partial charge in [0.2, 0.25) is 0 Å². The van der Waals surface area contributed by atoms with E-state index in [1.54, 1.807) is 0 Å². The third kappa shape index (κ3) is 2.45. The molecule has 0 atom stereocenters. The molecule has 0 aromatic heterocycles. The van der Waals surface area contributed by atoms with Gasteiger partial charge in [-0.05, 0) is 41.9 Å². The second-order valence-electron chi connectivity index (χ2n) is 5.21. The highest BCUT2D eigenvalue weighted by Crippen LogP contribution is 2.41. The van der Waals surface area contributed by atoms with Gasteiger partial charge in [-0.3, -0.25) is 9.98 Å². The third-order valence-electron chi connectivity index (χ3n) is 3.02. The number of halogens is 1. The van der Waals surface area contributed by atoms with E-state index >= 15 is 0 Å². The van der Waals surface area contributed by atoms with Gasteiger partial charge in [0.25, 0.3) is 0 Å². The standard InChI is InChI=1S/C13H16BrN5/c1-13(2)7-17-9-4-3-8(10(14)11(9)19-13)18-12-15-5-6-16-12/h3-4,7,19H,5-6H2,1-2H3,(H2,15,16,18). The van der Waals surface area contributed by atoms with Crippen molar-refractivity contribution in [2.75, 3.05) is 23.7 Å². The van der Waals surface area contributed by atoms with Crippen molar-refractivity contribution in [3.8, 4) is 0 Å². The number of nitrogens with one attached hydrogen (secondary N) is 3. The Balaban J connectivity index is 1.94. The Morgan fingerprint density at radius 1 is 1.37 bits per heavy atom. The van der Waals surface area contributed by atoms with E-state index < -0.39 is 0 Å². The summed E-state index contributed by atoms with van der Waals surface area (Å²) in [5, 5.41) is 9.96. The number of aliphatic imine (C=N–C) groups is 2. The summed E-state index contributed by atoms with van der Waals surface area (Å²) in [6.45, 7) is 5.89. The molecule has 1 aromatic carbocycles. The van der Waals surface area contributed by atoms with Gasteiger partial charge in [-0.1, -0.05) is 0 Å². The van der Waals surface area contributed by atoms with Gasteiger partial charge in [-0.15, -0.1) is 0 Å². The second-order valence-corrected chi connectivity index (χ2v) is 6.00. The van der Waals surface area contributed by atoms with E-state index in [0.717, 1.165) is 40.6 Å². The summed E-state index contributed by atoms with van der Waals surface area (Å²) in [6, 6.07) is 4.00. The first kappa shape index (κ1) is 12.5. The van der Waals surface area contributed by atoms with E-state index in [4.69, 9.17) is 0 Å². The van der Waals surface area contributed by atoms with Crippen LogP contribution in [0.5, 0.6) is 0 Å². The van der Waals surface area contributed by atoms with Crippen LogP contribution in [0, 0.1) is 0 Å².